The predicted molar refractivity (Wildman–Crippen MR) is 204 cm³/mol. The van der Waals surface area contributed by atoms with E-state index in [1.807, 2.05) is 56.8 Å². The minimum Gasteiger partial charge on any atom is -0.453 e. The molecule has 4 heterocycles. The lowest BCUT2D eigenvalue weighted by Crippen LogP contribution is -2.51. The Labute approximate surface area is 316 Å². The second-order valence-electron chi connectivity index (χ2n) is 16.7. The van der Waals surface area contributed by atoms with Crippen LogP contribution in [0.25, 0.3) is 33.6 Å². The van der Waals surface area contributed by atoms with E-state index in [0.29, 0.717) is 12.5 Å². The first-order chi connectivity index (χ1) is 25.9. The van der Waals surface area contributed by atoms with Crippen LogP contribution in [0.1, 0.15) is 102 Å². The maximum absolute atomic E-state index is 13.6. The molecular weight excluding hydrogens is 683 g/mol. The minimum atomic E-state index is -0.673. The predicted octanol–water partition coefficient (Wildman–Crippen LogP) is 7.74. The molecule has 2 saturated heterocycles. The van der Waals surface area contributed by atoms with E-state index in [9.17, 15) is 14.4 Å². The SMILES string of the molecule is COC(=O)N[C@H](C(=O)N1CCCC1c1ncc(-c2ccc3c(c2)CCc2cc(-c4cnc(C5[C@H]6CC[C@H](C6)N5C(=O)OC(C)(C)C)[nH]4)ccc2-3)[nH]1)C(C)C. The molecule has 4 aliphatic rings. The molecule has 2 aromatic heterocycles. The molecule has 3 N–H and O–H groups in total. The number of hydrogen-bond acceptors (Lipinski definition) is 7. The summed E-state index contributed by atoms with van der Waals surface area (Å²) < 4.78 is 10.6. The number of nitrogens with one attached hydrogen (secondary N) is 3. The summed E-state index contributed by atoms with van der Waals surface area (Å²) in [5.74, 6) is 1.77. The van der Waals surface area contributed by atoms with Crippen molar-refractivity contribution in [2.75, 3.05) is 13.7 Å². The number of aromatic nitrogens is 4. The van der Waals surface area contributed by atoms with Gasteiger partial charge in [0.2, 0.25) is 5.91 Å². The molecule has 2 bridgehead atoms. The molecule has 2 aromatic carbocycles. The third-order valence-electron chi connectivity index (χ3n) is 11.7. The zero-order chi connectivity index (χ0) is 37.9. The van der Waals surface area contributed by atoms with Crippen LogP contribution in [0.5, 0.6) is 0 Å². The Kier molecular flexibility index (Phi) is 9.26. The molecule has 2 aliphatic carbocycles. The van der Waals surface area contributed by atoms with E-state index in [2.05, 4.69) is 51.7 Å². The average Bonchev–Trinajstić information content (AvgIpc) is 4.00. The van der Waals surface area contributed by atoms with E-state index >= 15 is 0 Å². The number of carbonyl (C=O) groups excluding carboxylic acids is 3. The molecule has 2 aliphatic heterocycles. The molecule has 5 atom stereocenters. The molecule has 12 nitrogen and oxygen atoms in total. The number of aryl methyl sites for hydroxylation is 2. The number of hydrogen-bond donors (Lipinski definition) is 3. The largest absolute Gasteiger partial charge is 0.453 e. The van der Waals surface area contributed by atoms with Crippen LogP contribution in [-0.2, 0) is 27.1 Å². The van der Waals surface area contributed by atoms with Gasteiger partial charge in [-0.25, -0.2) is 19.6 Å². The number of H-pyrrole nitrogens is 2. The van der Waals surface area contributed by atoms with E-state index in [1.165, 1.54) is 29.4 Å². The fourth-order valence-electron chi connectivity index (χ4n) is 9.13. The van der Waals surface area contributed by atoms with Crippen molar-refractivity contribution in [1.29, 1.82) is 0 Å². The number of methoxy groups -OCH3 is 1. The number of ether oxygens (including phenoxy) is 2. The van der Waals surface area contributed by atoms with Crippen molar-refractivity contribution in [1.82, 2.24) is 35.1 Å². The van der Waals surface area contributed by atoms with Gasteiger partial charge in [0.1, 0.15) is 23.3 Å². The van der Waals surface area contributed by atoms with E-state index in [0.717, 1.165) is 79.1 Å². The highest BCUT2D eigenvalue weighted by molar-refractivity contribution is 5.86. The maximum Gasteiger partial charge on any atom is 0.411 e. The van der Waals surface area contributed by atoms with Crippen molar-refractivity contribution in [3.63, 3.8) is 0 Å². The summed E-state index contributed by atoms with van der Waals surface area (Å²) in [6.45, 7) is 10.2. The summed E-state index contributed by atoms with van der Waals surface area (Å²) in [6, 6.07) is 12.5. The van der Waals surface area contributed by atoms with Crippen molar-refractivity contribution in [2.45, 2.75) is 109 Å². The van der Waals surface area contributed by atoms with Crippen molar-refractivity contribution in [3.05, 3.63) is 71.6 Å². The molecule has 54 heavy (non-hydrogen) atoms. The summed E-state index contributed by atoms with van der Waals surface area (Å²) in [7, 11) is 1.30. The van der Waals surface area contributed by atoms with Gasteiger partial charge in [0.25, 0.3) is 0 Å². The number of carbonyl (C=O) groups is 3. The molecule has 8 rings (SSSR count). The average molecular weight is 734 g/mol. The number of piperidine rings is 1. The van der Waals surface area contributed by atoms with Crippen LogP contribution in [0.2, 0.25) is 0 Å². The Hall–Kier alpha value is -5.13. The fraction of sp³-hybridized carbons (Fsp3) is 0.500. The highest BCUT2D eigenvalue weighted by atomic mass is 16.6. The summed E-state index contributed by atoms with van der Waals surface area (Å²) in [4.78, 5) is 59.3. The van der Waals surface area contributed by atoms with Crippen LogP contribution in [0.4, 0.5) is 9.59 Å². The number of imidazole rings is 2. The topological polar surface area (TPSA) is 146 Å². The van der Waals surface area contributed by atoms with Gasteiger partial charge in [-0.05, 0) is 123 Å². The lowest BCUT2D eigenvalue weighted by Gasteiger charge is -2.35. The Morgan fingerprint density at radius 3 is 2.13 bits per heavy atom. The van der Waals surface area contributed by atoms with E-state index in [-0.39, 0.29) is 36.0 Å². The smallest absolute Gasteiger partial charge is 0.411 e. The normalized spacial score (nSPS) is 22.3. The summed E-state index contributed by atoms with van der Waals surface area (Å²) in [5, 5.41) is 2.72. The number of amides is 3. The van der Waals surface area contributed by atoms with Gasteiger partial charge in [0.15, 0.2) is 0 Å². The van der Waals surface area contributed by atoms with Gasteiger partial charge in [0.05, 0.1) is 43.0 Å². The molecular formula is C42H51N7O5. The summed E-state index contributed by atoms with van der Waals surface area (Å²) >= 11 is 0. The van der Waals surface area contributed by atoms with Crippen molar-refractivity contribution in [3.8, 4) is 33.6 Å². The number of benzene rings is 2. The number of fused-ring (bicyclic) bond motifs is 5. The third-order valence-corrected chi connectivity index (χ3v) is 11.7. The molecule has 284 valence electrons. The monoisotopic (exact) mass is 733 g/mol. The molecule has 1 saturated carbocycles. The van der Waals surface area contributed by atoms with Crippen LogP contribution >= 0.6 is 0 Å². The second-order valence-corrected chi connectivity index (χ2v) is 16.7. The van der Waals surface area contributed by atoms with E-state index in [1.54, 1.807) is 0 Å². The highest BCUT2D eigenvalue weighted by Crippen LogP contribution is 2.50. The first-order valence-corrected chi connectivity index (χ1v) is 19.4. The highest BCUT2D eigenvalue weighted by Gasteiger charge is 2.51. The van der Waals surface area contributed by atoms with Gasteiger partial charge in [-0.1, -0.05) is 38.1 Å². The first kappa shape index (κ1) is 35.9. The number of nitrogens with zero attached hydrogens (tertiary/aromatic N) is 4. The van der Waals surface area contributed by atoms with Crippen molar-refractivity contribution in [2.24, 2.45) is 11.8 Å². The molecule has 2 unspecified atom stereocenters. The summed E-state index contributed by atoms with van der Waals surface area (Å²) in [5.41, 5.74) is 8.53. The van der Waals surface area contributed by atoms with Crippen LogP contribution in [-0.4, -0.2) is 79.2 Å². The molecule has 3 fully saturated rings. The van der Waals surface area contributed by atoms with Gasteiger partial charge >= 0.3 is 12.2 Å². The van der Waals surface area contributed by atoms with Crippen LogP contribution < -0.4 is 5.32 Å². The Balaban J connectivity index is 0.984. The zero-order valence-corrected chi connectivity index (χ0v) is 32.1. The number of rotatable bonds is 7. The van der Waals surface area contributed by atoms with Crippen LogP contribution in [0.3, 0.4) is 0 Å². The molecule has 3 amide bonds. The maximum atomic E-state index is 13.6. The van der Waals surface area contributed by atoms with Gasteiger partial charge < -0.3 is 29.7 Å². The molecule has 4 aromatic rings. The molecule has 0 radical (unpaired) electrons. The van der Waals surface area contributed by atoms with E-state index in [4.69, 9.17) is 19.4 Å². The lowest BCUT2D eigenvalue weighted by atomic mass is 9.83. The second kappa shape index (κ2) is 13.9. The van der Waals surface area contributed by atoms with Crippen molar-refractivity contribution < 1.29 is 23.9 Å². The van der Waals surface area contributed by atoms with Crippen LogP contribution in [0, 0.1) is 11.8 Å². The van der Waals surface area contributed by atoms with Gasteiger partial charge in [0, 0.05) is 12.6 Å². The Morgan fingerprint density at radius 2 is 1.52 bits per heavy atom. The first-order valence-electron chi connectivity index (χ1n) is 19.4. The van der Waals surface area contributed by atoms with Gasteiger partial charge in [-0.3, -0.25) is 9.69 Å². The van der Waals surface area contributed by atoms with Crippen LogP contribution in [0.15, 0.2) is 48.8 Å². The standard InChI is InChI=1S/C42H51N7O5/c1-23(2)35(47-40(51)53-6)39(50)48-17-7-8-34(48)37-43-21-32(45-37)26-12-15-30-24(18-26)9-10-25-19-27(13-16-31(25)30)33-22-44-38(46-33)36-28-11-14-29(20-28)49(36)41(52)54-42(3,4)5/h12-13,15-16,18-19,21-23,28-29,34-36H,7-11,14,17,20H2,1-6H3,(H,43,45)(H,44,46)(H,47,51)/t28-,29+,34?,35-,36?/m0/s1. The Morgan fingerprint density at radius 1 is 0.889 bits per heavy atom. The van der Waals surface area contributed by atoms with Gasteiger partial charge in [-0.15, -0.1) is 0 Å². The molecule has 12 heteroatoms. The fourth-order valence-corrected chi connectivity index (χ4v) is 9.13. The zero-order valence-electron chi connectivity index (χ0n) is 32.1. The third kappa shape index (κ3) is 6.64. The number of alkyl carbamates (subject to hydrolysis) is 1. The summed E-state index contributed by atoms with van der Waals surface area (Å²) in [6.07, 6.45) is 9.52. The van der Waals surface area contributed by atoms with Gasteiger partial charge in [-0.2, -0.15) is 0 Å². The lowest BCUT2D eigenvalue weighted by molar-refractivity contribution is -0.135. The molecule has 0 spiro atoms. The number of likely N-dealkylation sites (tertiary alicyclic amines) is 2. The minimum absolute atomic E-state index is 0.0917. The number of aromatic amines is 2. The quantitative estimate of drug-likeness (QED) is 0.176. The van der Waals surface area contributed by atoms with Crippen molar-refractivity contribution >= 4 is 18.1 Å². The van der Waals surface area contributed by atoms with E-state index < -0.39 is 17.7 Å². The Bertz CT molecular complexity index is 2080.